The number of hydrogen-bond acceptors (Lipinski definition) is 2. The van der Waals surface area contributed by atoms with Crippen molar-refractivity contribution < 1.29 is 9.90 Å². The summed E-state index contributed by atoms with van der Waals surface area (Å²) in [6.45, 7) is 2.32. The summed E-state index contributed by atoms with van der Waals surface area (Å²) in [6, 6.07) is 18.3. The van der Waals surface area contributed by atoms with Crippen LogP contribution in [0.5, 0.6) is 0 Å². The van der Waals surface area contributed by atoms with Crippen LogP contribution in [0.25, 0.3) is 11.1 Å². The minimum absolute atomic E-state index is 0.525. The van der Waals surface area contributed by atoms with Gasteiger partial charge in [-0.1, -0.05) is 42.5 Å². The zero-order chi connectivity index (χ0) is 14.4. The van der Waals surface area contributed by atoms with Crippen LogP contribution in [0.4, 0.5) is 5.69 Å². The van der Waals surface area contributed by atoms with E-state index in [1.165, 1.54) is 11.6 Å². The molecule has 2 aromatic carbocycles. The molecule has 0 atom stereocenters. The molecule has 0 aliphatic heterocycles. The maximum absolute atomic E-state index is 10.5. The highest BCUT2D eigenvalue weighted by Gasteiger charge is 1.98. The molecule has 2 rings (SSSR count). The van der Waals surface area contributed by atoms with E-state index in [-0.39, 0.29) is 0 Å². The molecule has 0 fully saturated rings. The largest absolute Gasteiger partial charge is 0.478 e. The van der Waals surface area contributed by atoms with Crippen molar-refractivity contribution in [3.8, 4) is 11.1 Å². The first-order chi connectivity index (χ1) is 9.65. The first-order valence-electron chi connectivity index (χ1n) is 6.44. The third-order valence-corrected chi connectivity index (χ3v) is 2.93. The highest BCUT2D eigenvalue weighted by molar-refractivity contribution is 5.80. The van der Waals surface area contributed by atoms with Gasteiger partial charge in [-0.25, -0.2) is 4.79 Å². The van der Waals surface area contributed by atoms with Gasteiger partial charge in [0.05, 0.1) is 0 Å². The molecule has 102 valence electrons. The molecule has 0 saturated heterocycles. The molecule has 0 radical (unpaired) electrons. The molecule has 3 nitrogen and oxygen atoms in total. The summed E-state index contributed by atoms with van der Waals surface area (Å²) >= 11 is 0. The maximum atomic E-state index is 10.5. The Morgan fingerprint density at radius 1 is 1.05 bits per heavy atom. The summed E-state index contributed by atoms with van der Waals surface area (Å²) in [5, 5.41) is 11.8. The summed E-state index contributed by atoms with van der Waals surface area (Å²) in [7, 11) is 0. The van der Waals surface area contributed by atoms with Crippen molar-refractivity contribution in [3.63, 3.8) is 0 Å². The topological polar surface area (TPSA) is 49.3 Å². The average molecular weight is 267 g/mol. The highest BCUT2D eigenvalue weighted by Crippen LogP contribution is 2.20. The SMILES string of the molecule is C/C(=C/C(=O)O)CNc1ccc(-c2ccccc2)cc1. The number of carbonyl (C=O) groups is 1. The monoisotopic (exact) mass is 267 g/mol. The molecular weight excluding hydrogens is 250 g/mol. The van der Waals surface area contributed by atoms with Crippen molar-refractivity contribution in [3.05, 3.63) is 66.2 Å². The van der Waals surface area contributed by atoms with Crippen LogP contribution in [0.2, 0.25) is 0 Å². The van der Waals surface area contributed by atoms with Crippen LogP contribution >= 0.6 is 0 Å². The summed E-state index contributed by atoms with van der Waals surface area (Å²) in [6.07, 6.45) is 1.21. The minimum Gasteiger partial charge on any atom is -0.478 e. The smallest absolute Gasteiger partial charge is 0.328 e. The van der Waals surface area contributed by atoms with Crippen LogP contribution in [0.15, 0.2) is 66.2 Å². The quantitative estimate of drug-likeness (QED) is 0.810. The number of hydrogen-bond donors (Lipinski definition) is 2. The van der Waals surface area contributed by atoms with Gasteiger partial charge >= 0.3 is 5.97 Å². The second-order valence-electron chi connectivity index (χ2n) is 4.63. The lowest BCUT2D eigenvalue weighted by molar-refractivity contribution is -0.131. The van der Waals surface area contributed by atoms with Gasteiger partial charge in [-0.15, -0.1) is 0 Å². The fraction of sp³-hybridized carbons (Fsp3) is 0.118. The summed E-state index contributed by atoms with van der Waals surface area (Å²) in [5.74, 6) is -0.913. The van der Waals surface area contributed by atoms with Crippen LogP contribution in [0.3, 0.4) is 0 Å². The molecular formula is C17H17NO2. The molecule has 2 aromatic rings. The Kier molecular flexibility index (Phi) is 4.56. The number of rotatable bonds is 5. The Balaban J connectivity index is 2.01. The number of carboxylic acids is 1. The Bertz CT molecular complexity index is 601. The second-order valence-corrected chi connectivity index (χ2v) is 4.63. The van der Waals surface area contributed by atoms with Crippen LogP contribution in [-0.4, -0.2) is 17.6 Å². The fourth-order valence-corrected chi connectivity index (χ4v) is 1.91. The van der Waals surface area contributed by atoms with Crippen LogP contribution < -0.4 is 5.32 Å². The normalized spacial score (nSPS) is 11.2. The molecule has 0 aliphatic carbocycles. The lowest BCUT2D eigenvalue weighted by Crippen LogP contribution is -2.04. The van der Waals surface area contributed by atoms with Gasteiger partial charge in [0.1, 0.15) is 0 Å². The van der Waals surface area contributed by atoms with E-state index in [0.717, 1.165) is 16.8 Å². The predicted molar refractivity (Wildman–Crippen MR) is 81.8 cm³/mol. The highest BCUT2D eigenvalue weighted by atomic mass is 16.4. The molecule has 0 aromatic heterocycles. The van der Waals surface area contributed by atoms with Gasteiger partial charge in [0.2, 0.25) is 0 Å². The van der Waals surface area contributed by atoms with Gasteiger partial charge in [-0.05, 0) is 35.8 Å². The number of nitrogens with one attached hydrogen (secondary N) is 1. The van der Waals surface area contributed by atoms with Gasteiger partial charge in [0, 0.05) is 18.3 Å². The van der Waals surface area contributed by atoms with Crippen molar-refractivity contribution >= 4 is 11.7 Å². The van der Waals surface area contributed by atoms with Crippen LogP contribution in [0.1, 0.15) is 6.92 Å². The van der Waals surface area contributed by atoms with Gasteiger partial charge in [-0.2, -0.15) is 0 Å². The zero-order valence-corrected chi connectivity index (χ0v) is 11.3. The van der Waals surface area contributed by atoms with E-state index in [0.29, 0.717) is 6.54 Å². The molecule has 20 heavy (non-hydrogen) atoms. The molecule has 0 unspecified atom stereocenters. The van der Waals surface area contributed by atoms with Crippen molar-refractivity contribution in [2.45, 2.75) is 6.92 Å². The first kappa shape index (κ1) is 13.9. The molecule has 0 saturated carbocycles. The molecule has 2 N–H and O–H groups in total. The molecule has 0 spiro atoms. The van der Waals surface area contributed by atoms with E-state index in [1.54, 1.807) is 6.92 Å². The Labute approximate surface area is 118 Å². The van der Waals surface area contributed by atoms with E-state index >= 15 is 0 Å². The van der Waals surface area contributed by atoms with Crippen molar-refractivity contribution in [1.29, 1.82) is 0 Å². The zero-order valence-electron chi connectivity index (χ0n) is 11.3. The van der Waals surface area contributed by atoms with Crippen molar-refractivity contribution in [2.24, 2.45) is 0 Å². The van der Waals surface area contributed by atoms with E-state index < -0.39 is 5.97 Å². The second kappa shape index (κ2) is 6.57. The Hall–Kier alpha value is -2.55. The summed E-state index contributed by atoms with van der Waals surface area (Å²) in [5.41, 5.74) is 4.10. The maximum Gasteiger partial charge on any atom is 0.328 e. The summed E-state index contributed by atoms with van der Waals surface area (Å²) < 4.78 is 0. The van der Waals surface area contributed by atoms with Gasteiger partial charge in [0.25, 0.3) is 0 Å². The van der Waals surface area contributed by atoms with Gasteiger partial charge in [0.15, 0.2) is 0 Å². The molecule has 0 amide bonds. The third-order valence-electron chi connectivity index (χ3n) is 2.93. The van der Waals surface area contributed by atoms with Crippen molar-refractivity contribution in [1.82, 2.24) is 0 Å². The lowest BCUT2D eigenvalue weighted by Gasteiger charge is -2.08. The molecule has 0 bridgehead atoms. The van der Waals surface area contributed by atoms with Gasteiger partial charge in [-0.3, -0.25) is 0 Å². The third kappa shape index (κ3) is 3.99. The molecule has 0 heterocycles. The van der Waals surface area contributed by atoms with Crippen molar-refractivity contribution in [2.75, 3.05) is 11.9 Å². The number of benzene rings is 2. The van der Waals surface area contributed by atoms with Gasteiger partial charge < -0.3 is 10.4 Å². The van der Waals surface area contributed by atoms with E-state index in [4.69, 9.17) is 5.11 Å². The number of aliphatic carboxylic acids is 1. The molecule has 0 aliphatic rings. The number of carboxylic acid groups (broad SMARTS) is 1. The average Bonchev–Trinajstić information content (AvgIpc) is 2.46. The molecule has 3 heteroatoms. The summed E-state index contributed by atoms with van der Waals surface area (Å²) in [4.78, 5) is 10.5. The van der Waals surface area contributed by atoms with E-state index in [9.17, 15) is 4.79 Å². The number of anilines is 1. The minimum atomic E-state index is -0.913. The van der Waals surface area contributed by atoms with Crippen LogP contribution in [-0.2, 0) is 4.79 Å². The predicted octanol–water partition coefficient (Wildman–Crippen LogP) is 3.80. The van der Waals surface area contributed by atoms with E-state index in [2.05, 4.69) is 17.4 Å². The van der Waals surface area contributed by atoms with E-state index in [1.807, 2.05) is 42.5 Å². The standard InChI is InChI=1S/C17H17NO2/c1-13(11-17(19)20)12-18-16-9-7-15(8-10-16)14-5-3-2-4-6-14/h2-11,18H,12H2,1H3,(H,19,20)/b13-11-. The fourth-order valence-electron chi connectivity index (χ4n) is 1.91. The Morgan fingerprint density at radius 2 is 1.65 bits per heavy atom. The first-order valence-corrected chi connectivity index (χ1v) is 6.44. The lowest BCUT2D eigenvalue weighted by atomic mass is 10.1. The Morgan fingerprint density at radius 3 is 2.25 bits per heavy atom. The van der Waals surface area contributed by atoms with Crippen LogP contribution in [0, 0.1) is 0 Å².